The van der Waals surface area contributed by atoms with Crippen LogP contribution >= 0.6 is 0 Å². The van der Waals surface area contributed by atoms with Crippen LogP contribution in [0.1, 0.15) is 13.8 Å². The fourth-order valence-electron chi connectivity index (χ4n) is 1.43. The van der Waals surface area contributed by atoms with Crippen LogP contribution in [0.25, 0.3) is 0 Å². The molecule has 0 radical (unpaired) electrons. The van der Waals surface area contributed by atoms with E-state index in [0.29, 0.717) is 0 Å². The molecule has 0 saturated heterocycles. The van der Waals surface area contributed by atoms with E-state index >= 15 is 0 Å². The Balaban J connectivity index is 3.28. The van der Waals surface area contributed by atoms with Crippen molar-refractivity contribution in [2.24, 2.45) is 4.99 Å². The number of allylic oxidation sites excluding steroid dienone is 6. The molecule has 0 saturated carbocycles. The van der Waals surface area contributed by atoms with Crippen LogP contribution in [0.3, 0.4) is 0 Å². The first-order chi connectivity index (χ1) is 6.07. The van der Waals surface area contributed by atoms with Gasteiger partial charge in [0.05, 0.1) is 5.71 Å². The van der Waals surface area contributed by atoms with Crippen LogP contribution in [0.15, 0.2) is 52.6 Å². The van der Waals surface area contributed by atoms with Gasteiger partial charge in [0.2, 0.25) is 0 Å². The van der Waals surface area contributed by atoms with Gasteiger partial charge in [-0.25, -0.2) is 0 Å². The molecule has 0 N–H and O–H groups in total. The highest BCUT2D eigenvalue weighted by molar-refractivity contribution is 6.17. The smallest absolute Gasteiger partial charge is 0.0709 e. The summed E-state index contributed by atoms with van der Waals surface area (Å²) in [6, 6.07) is 0. The lowest BCUT2D eigenvalue weighted by molar-refractivity contribution is 1.30. The minimum Gasteiger partial charge on any atom is -0.287 e. The van der Waals surface area contributed by atoms with Crippen molar-refractivity contribution < 1.29 is 0 Å². The predicted molar refractivity (Wildman–Crippen MR) is 59.2 cm³/mol. The van der Waals surface area contributed by atoms with Gasteiger partial charge in [0.15, 0.2) is 0 Å². The van der Waals surface area contributed by atoms with Crippen molar-refractivity contribution in [1.82, 2.24) is 0 Å². The summed E-state index contributed by atoms with van der Waals surface area (Å²) in [7, 11) is 1.77. The number of nitrogens with zero attached hydrogens (tertiary/aromatic N) is 1. The van der Waals surface area contributed by atoms with Crippen molar-refractivity contribution in [2.45, 2.75) is 13.8 Å². The van der Waals surface area contributed by atoms with Crippen molar-refractivity contribution in [3.05, 3.63) is 47.6 Å². The Hall–Kier alpha value is -1.37. The van der Waals surface area contributed by atoms with Gasteiger partial charge in [0, 0.05) is 12.6 Å². The number of aliphatic imine (C=N–C) groups is 1. The van der Waals surface area contributed by atoms with Crippen LogP contribution in [-0.4, -0.2) is 12.8 Å². The quantitative estimate of drug-likeness (QED) is 0.534. The molecule has 0 fully saturated rings. The van der Waals surface area contributed by atoms with E-state index in [1.54, 1.807) is 7.05 Å². The van der Waals surface area contributed by atoms with Crippen molar-refractivity contribution >= 4 is 5.71 Å². The molecular formula is C12H15N. The van der Waals surface area contributed by atoms with Gasteiger partial charge in [-0.2, -0.15) is 0 Å². The van der Waals surface area contributed by atoms with E-state index in [-0.39, 0.29) is 0 Å². The lowest BCUT2D eigenvalue weighted by atomic mass is 9.89. The third kappa shape index (κ3) is 1.69. The fourth-order valence-corrected chi connectivity index (χ4v) is 1.43. The highest BCUT2D eigenvalue weighted by Crippen LogP contribution is 2.24. The molecule has 1 aliphatic rings. The van der Waals surface area contributed by atoms with Crippen LogP contribution < -0.4 is 0 Å². The average molecular weight is 173 g/mol. The molecular weight excluding hydrogens is 158 g/mol. The van der Waals surface area contributed by atoms with Crippen LogP contribution in [0.4, 0.5) is 0 Å². The highest BCUT2D eigenvalue weighted by atomic mass is 14.7. The Morgan fingerprint density at radius 3 is 2.31 bits per heavy atom. The van der Waals surface area contributed by atoms with Crippen molar-refractivity contribution in [3.63, 3.8) is 0 Å². The number of hydrogen-bond acceptors (Lipinski definition) is 1. The van der Waals surface area contributed by atoms with Crippen molar-refractivity contribution in [1.29, 1.82) is 0 Å². The van der Waals surface area contributed by atoms with E-state index < -0.39 is 0 Å². The lowest BCUT2D eigenvalue weighted by Crippen LogP contribution is -2.10. The van der Waals surface area contributed by atoms with E-state index in [1.807, 2.05) is 6.08 Å². The molecule has 0 heterocycles. The van der Waals surface area contributed by atoms with Gasteiger partial charge >= 0.3 is 0 Å². The minimum atomic E-state index is 0.915. The molecule has 1 rings (SSSR count). The van der Waals surface area contributed by atoms with E-state index in [9.17, 15) is 0 Å². The van der Waals surface area contributed by atoms with Crippen molar-refractivity contribution in [3.8, 4) is 0 Å². The first-order valence-corrected chi connectivity index (χ1v) is 4.29. The molecule has 0 spiro atoms. The van der Waals surface area contributed by atoms with E-state index in [0.717, 1.165) is 16.9 Å². The van der Waals surface area contributed by atoms with E-state index in [2.05, 4.69) is 38.1 Å². The molecule has 68 valence electrons. The molecule has 13 heavy (non-hydrogen) atoms. The molecule has 0 aromatic rings. The molecule has 0 aromatic heterocycles. The zero-order chi connectivity index (χ0) is 10.0. The zero-order valence-corrected chi connectivity index (χ0v) is 8.52. The van der Waals surface area contributed by atoms with Gasteiger partial charge in [0.1, 0.15) is 0 Å². The Kier molecular flexibility index (Phi) is 2.66. The second-order valence-electron chi connectivity index (χ2n) is 3.32. The maximum absolute atomic E-state index is 4.17. The Labute approximate surface area is 79.9 Å². The fraction of sp³-hybridized carbons (Fsp3) is 0.250. The summed E-state index contributed by atoms with van der Waals surface area (Å²) >= 11 is 0. The minimum absolute atomic E-state index is 0.915. The maximum Gasteiger partial charge on any atom is 0.0709 e. The summed E-state index contributed by atoms with van der Waals surface area (Å²) in [5.74, 6) is 0. The van der Waals surface area contributed by atoms with E-state index in [4.69, 9.17) is 0 Å². The summed E-state index contributed by atoms with van der Waals surface area (Å²) < 4.78 is 0. The van der Waals surface area contributed by atoms with Crippen LogP contribution in [0.2, 0.25) is 0 Å². The summed E-state index contributed by atoms with van der Waals surface area (Å²) in [6.07, 6.45) is 4.04. The molecule has 0 aliphatic heterocycles. The highest BCUT2D eigenvalue weighted by Gasteiger charge is 2.14. The topological polar surface area (TPSA) is 12.4 Å². The van der Waals surface area contributed by atoms with Gasteiger partial charge in [0.25, 0.3) is 0 Å². The summed E-state index contributed by atoms with van der Waals surface area (Å²) in [6.45, 7) is 12.1. The molecule has 1 heteroatoms. The first kappa shape index (κ1) is 9.72. The molecule has 0 bridgehead atoms. The Morgan fingerprint density at radius 1 is 1.23 bits per heavy atom. The third-order valence-corrected chi connectivity index (χ3v) is 2.13. The van der Waals surface area contributed by atoms with E-state index in [1.165, 1.54) is 11.1 Å². The van der Waals surface area contributed by atoms with Crippen LogP contribution in [-0.2, 0) is 0 Å². The maximum atomic E-state index is 4.17. The van der Waals surface area contributed by atoms with Gasteiger partial charge in [-0.15, -0.1) is 0 Å². The third-order valence-electron chi connectivity index (χ3n) is 2.13. The molecule has 0 amide bonds. The Morgan fingerprint density at radius 2 is 1.85 bits per heavy atom. The molecule has 0 aromatic carbocycles. The average Bonchev–Trinajstić information content (AvgIpc) is 2.04. The molecule has 1 nitrogen and oxygen atoms in total. The van der Waals surface area contributed by atoms with Gasteiger partial charge in [-0.1, -0.05) is 30.9 Å². The second-order valence-corrected chi connectivity index (χ2v) is 3.32. The van der Waals surface area contributed by atoms with Crippen LogP contribution in [0, 0.1) is 0 Å². The summed E-state index contributed by atoms with van der Waals surface area (Å²) in [5.41, 5.74) is 5.27. The van der Waals surface area contributed by atoms with Gasteiger partial charge in [-0.3, -0.25) is 4.99 Å². The summed E-state index contributed by atoms with van der Waals surface area (Å²) in [5, 5.41) is 0. The monoisotopic (exact) mass is 173 g/mol. The largest absolute Gasteiger partial charge is 0.287 e. The SMILES string of the molecule is C=C1C=CC(=C(C)C)C(=C)C1=NC. The summed E-state index contributed by atoms with van der Waals surface area (Å²) in [4.78, 5) is 4.17. The standard InChI is InChI=1S/C12H15N/c1-8(2)11-7-6-9(3)12(13-5)10(11)4/h6-7H,3-4H2,1-2,5H3. The second kappa shape index (κ2) is 3.56. The Bertz CT molecular complexity index is 347. The predicted octanol–water partition coefficient (Wildman–Crippen LogP) is 3.08. The zero-order valence-electron chi connectivity index (χ0n) is 8.52. The normalized spacial score (nSPS) is 19.9. The lowest BCUT2D eigenvalue weighted by Gasteiger charge is -2.17. The molecule has 0 unspecified atom stereocenters. The van der Waals surface area contributed by atoms with Gasteiger partial charge in [-0.05, 0) is 25.0 Å². The van der Waals surface area contributed by atoms with Crippen molar-refractivity contribution in [2.75, 3.05) is 7.05 Å². The van der Waals surface area contributed by atoms with Gasteiger partial charge < -0.3 is 0 Å². The first-order valence-electron chi connectivity index (χ1n) is 4.29. The molecule has 0 atom stereocenters. The number of rotatable bonds is 0. The van der Waals surface area contributed by atoms with Crippen LogP contribution in [0.5, 0.6) is 0 Å². The molecule has 1 aliphatic carbocycles. The number of hydrogen-bond donors (Lipinski definition) is 0.